The molecule has 0 aliphatic carbocycles. The van der Waals surface area contributed by atoms with E-state index in [9.17, 15) is 4.79 Å². The van der Waals surface area contributed by atoms with Gasteiger partial charge in [0.25, 0.3) is 5.91 Å². The van der Waals surface area contributed by atoms with E-state index in [-0.39, 0.29) is 5.91 Å². The summed E-state index contributed by atoms with van der Waals surface area (Å²) in [5, 5.41) is -0.664. The lowest BCUT2D eigenvalue weighted by Gasteiger charge is -2.11. The fourth-order valence-electron chi connectivity index (χ4n) is 1.37. The van der Waals surface area contributed by atoms with Crippen LogP contribution < -0.4 is 11.3 Å². The maximum atomic E-state index is 11.3. The van der Waals surface area contributed by atoms with Crippen molar-refractivity contribution in [3.8, 4) is 0 Å². The molecule has 5 nitrogen and oxygen atoms in total. The summed E-state index contributed by atoms with van der Waals surface area (Å²) < 4.78 is 1.65. The molecule has 78 valence electrons. The van der Waals surface area contributed by atoms with Crippen LogP contribution in [-0.2, 0) is 4.79 Å². The minimum Gasteiger partial charge on any atom is -0.309 e. The second-order valence-corrected chi connectivity index (χ2v) is 3.51. The number of aromatic nitrogens is 2. The number of carbonyl (C=O) groups excluding carboxylic acids is 1. The highest BCUT2D eigenvalue weighted by Crippen LogP contribution is 2.19. The number of nitrogens with one attached hydrogen (secondary N) is 1. The number of thiol groups is 1. The van der Waals surface area contributed by atoms with E-state index < -0.39 is 5.37 Å². The van der Waals surface area contributed by atoms with Crippen LogP contribution in [0.3, 0.4) is 0 Å². The van der Waals surface area contributed by atoms with Crippen LogP contribution in [0, 0.1) is 0 Å². The monoisotopic (exact) mass is 222 g/mol. The van der Waals surface area contributed by atoms with Crippen molar-refractivity contribution in [3.63, 3.8) is 0 Å². The number of hydrogen-bond donors (Lipinski definition) is 3. The summed E-state index contributed by atoms with van der Waals surface area (Å²) >= 11 is 4.17. The number of carbonyl (C=O) groups is 1. The van der Waals surface area contributed by atoms with Gasteiger partial charge in [-0.05, 0) is 12.1 Å². The zero-order valence-corrected chi connectivity index (χ0v) is 8.69. The third-order valence-electron chi connectivity index (χ3n) is 2.12. The van der Waals surface area contributed by atoms with Crippen molar-refractivity contribution in [2.75, 3.05) is 0 Å². The van der Waals surface area contributed by atoms with Gasteiger partial charge in [-0.15, -0.1) is 12.6 Å². The molecular weight excluding hydrogens is 212 g/mol. The summed E-state index contributed by atoms with van der Waals surface area (Å²) in [6.07, 6.45) is 1.57. The number of rotatable bonds is 2. The minimum atomic E-state index is -0.664. The van der Waals surface area contributed by atoms with Gasteiger partial charge >= 0.3 is 0 Å². The highest BCUT2D eigenvalue weighted by atomic mass is 32.1. The summed E-state index contributed by atoms with van der Waals surface area (Å²) in [6, 6.07) is 7.50. The van der Waals surface area contributed by atoms with Crippen LogP contribution in [0.5, 0.6) is 0 Å². The van der Waals surface area contributed by atoms with Crippen molar-refractivity contribution >= 4 is 29.6 Å². The van der Waals surface area contributed by atoms with Crippen LogP contribution in [0.4, 0.5) is 0 Å². The Kier molecular flexibility index (Phi) is 2.61. The molecule has 2 rings (SSSR count). The number of para-hydroxylation sites is 2. The maximum absolute atomic E-state index is 11.3. The Balaban J connectivity index is 2.48. The van der Waals surface area contributed by atoms with Crippen molar-refractivity contribution in [2.45, 2.75) is 5.37 Å². The van der Waals surface area contributed by atoms with Crippen LogP contribution in [0.25, 0.3) is 11.0 Å². The molecule has 0 aliphatic heterocycles. The van der Waals surface area contributed by atoms with Gasteiger partial charge in [0.15, 0.2) is 5.37 Å². The van der Waals surface area contributed by atoms with E-state index in [4.69, 9.17) is 5.84 Å². The summed E-state index contributed by atoms with van der Waals surface area (Å²) in [5.41, 5.74) is 3.72. The lowest BCUT2D eigenvalue weighted by atomic mass is 10.3. The van der Waals surface area contributed by atoms with E-state index in [1.54, 1.807) is 10.9 Å². The molecule has 1 heterocycles. The third-order valence-corrected chi connectivity index (χ3v) is 2.60. The van der Waals surface area contributed by atoms with Crippen molar-refractivity contribution in [1.29, 1.82) is 0 Å². The van der Waals surface area contributed by atoms with Gasteiger partial charge in [0, 0.05) is 0 Å². The van der Waals surface area contributed by atoms with E-state index in [1.165, 1.54) is 0 Å². The Morgan fingerprint density at radius 2 is 2.27 bits per heavy atom. The van der Waals surface area contributed by atoms with Gasteiger partial charge in [0.2, 0.25) is 0 Å². The van der Waals surface area contributed by atoms with E-state index in [0.29, 0.717) is 0 Å². The molecule has 0 aliphatic rings. The third kappa shape index (κ3) is 1.69. The van der Waals surface area contributed by atoms with Gasteiger partial charge in [0.1, 0.15) is 0 Å². The molecular formula is C9H10N4OS. The van der Waals surface area contributed by atoms with Crippen LogP contribution in [0.15, 0.2) is 30.6 Å². The average molecular weight is 222 g/mol. The van der Waals surface area contributed by atoms with Gasteiger partial charge < -0.3 is 4.57 Å². The standard InChI is InChI=1S/C9H10N4OS/c10-12-8(14)9(15)13-5-11-6-3-1-2-4-7(6)13/h1-5,9,15H,10H2,(H,12,14). The van der Waals surface area contributed by atoms with Crippen LogP contribution in [-0.4, -0.2) is 15.5 Å². The minimum absolute atomic E-state index is 0.374. The number of hydrazine groups is 1. The van der Waals surface area contributed by atoms with Crippen molar-refractivity contribution in [1.82, 2.24) is 15.0 Å². The Morgan fingerprint density at radius 1 is 1.53 bits per heavy atom. The first-order chi connectivity index (χ1) is 7.24. The molecule has 0 radical (unpaired) electrons. The van der Waals surface area contributed by atoms with E-state index >= 15 is 0 Å². The molecule has 15 heavy (non-hydrogen) atoms. The highest BCUT2D eigenvalue weighted by molar-refractivity contribution is 7.81. The quantitative estimate of drug-likeness (QED) is 0.299. The predicted molar refractivity (Wildman–Crippen MR) is 60.1 cm³/mol. The average Bonchev–Trinajstić information content (AvgIpc) is 2.70. The largest absolute Gasteiger partial charge is 0.309 e. The maximum Gasteiger partial charge on any atom is 0.267 e. The van der Waals surface area contributed by atoms with Crippen LogP contribution in [0.2, 0.25) is 0 Å². The molecule has 0 bridgehead atoms. The molecule has 3 N–H and O–H groups in total. The molecule has 0 spiro atoms. The van der Waals surface area contributed by atoms with E-state index in [2.05, 4.69) is 23.0 Å². The fourth-order valence-corrected chi connectivity index (χ4v) is 1.63. The first kappa shape index (κ1) is 10.0. The number of imidazole rings is 1. The number of nitrogens with two attached hydrogens (primary N) is 1. The van der Waals surface area contributed by atoms with Crippen molar-refractivity contribution in [3.05, 3.63) is 30.6 Å². The Hall–Kier alpha value is -1.53. The van der Waals surface area contributed by atoms with Crippen LogP contribution >= 0.6 is 12.6 Å². The molecule has 1 unspecified atom stereocenters. The van der Waals surface area contributed by atoms with Crippen molar-refractivity contribution in [2.24, 2.45) is 5.84 Å². The summed E-state index contributed by atoms with van der Waals surface area (Å²) in [7, 11) is 0. The lowest BCUT2D eigenvalue weighted by Crippen LogP contribution is -2.34. The lowest BCUT2D eigenvalue weighted by molar-refractivity contribution is -0.121. The van der Waals surface area contributed by atoms with Gasteiger partial charge in [0.05, 0.1) is 17.4 Å². The van der Waals surface area contributed by atoms with Gasteiger partial charge in [-0.1, -0.05) is 12.1 Å². The molecule has 1 amide bonds. The summed E-state index contributed by atoms with van der Waals surface area (Å²) in [5.74, 6) is 4.67. The highest BCUT2D eigenvalue weighted by Gasteiger charge is 2.16. The van der Waals surface area contributed by atoms with Gasteiger partial charge in [-0.3, -0.25) is 10.2 Å². The molecule has 0 saturated carbocycles. The second-order valence-electron chi connectivity index (χ2n) is 3.02. The first-order valence-corrected chi connectivity index (χ1v) is 4.86. The van der Waals surface area contributed by atoms with Gasteiger partial charge in [-0.2, -0.15) is 0 Å². The molecule has 0 saturated heterocycles. The molecule has 6 heteroatoms. The SMILES string of the molecule is NNC(=O)C(S)n1cnc2ccccc21. The number of amides is 1. The Labute approximate surface area is 91.7 Å². The normalized spacial score (nSPS) is 12.7. The predicted octanol–water partition coefficient (Wildman–Crippen LogP) is 0.455. The number of nitrogens with zero attached hydrogens (tertiary/aromatic N) is 2. The number of fused-ring (bicyclic) bond motifs is 1. The molecule has 1 aromatic carbocycles. The summed E-state index contributed by atoms with van der Waals surface area (Å²) in [6.45, 7) is 0. The molecule has 0 fully saturated rings. The Bertz CT molecular complexity index is 496. The van der Waals surface area contributed by atoms with E-state index in [1.807, 2.05) is 24.3 Å². The molecule has 2 aromatic rings. The fraction of sp³-hybridized carbons (Fsp3) is 0.111. The Morgan fingerprint density at radius 3 is 3.00 bits per heavy atom. The van der Waals surface area contributed by atoms with Crippen molar-refractivity contribution < 1.29 is 4.79 Å². The topological polar surface area (TPSA) is 72.9 Å². The van der Waals surface area contributed by atoms with E-state index in [0.717, 1.165) is 11.0 Å². The zero-order valence-electron chi connectivity index (χ0n) is 7.79. The zero-order chi connectivity index (χ0) is 10.8. The van der Waals surface area contributed by atoms with Crippen LogP contribution in [0.1, 0.15) is 5.37 Å². The van der Waals surface area contributed by atoms with Gasteiger partial charge in [-0.25, -0.2) is 10.8 Å². The summed E-state index contributed by atoms with van der Waals surface area (Å²) in [4.78, 5) is 15.4. The number of hydrogen-bond acceptors (Lipinski definition) is 4. The smallest absolute Gasteiger partial charge is 0.267 e. The molecule has 1 atom stereocenters. The first-order valence-electron chi connectivity index (χ1n) is 4.34. The molecule has 1 aromatic heterocycles. The number of benzene rings is 1. The second kappa shape index (κ2) is 3.92.